The standard InChI is InChI=1S/C12H20N2O5/c1-4-5-13-6-7-14(10(16)9(13)15)8-12(2,18)11(17)19-3/h18H,4-8H2,1-3H3. The van der Waals surface area contributed by atoms with Gasteiger partial charge in [0.25, 0.3) is 0 Å². The molecule has 0 saturated carbocycles. The van der Waals surface area contributed by atoms with Gasteiger partial charge in [-0.1, -0.05) is 6.92 Å². The van der Waals surface area contributed by atoms with Crippen molar-refractivity contribution in [2.45, 2.75) is 25.9 Å². The Morgan fingerprint density at radius 1 is 1.32 bits per heavy atom. The molecule has 0 aromatic heterocycles. The van der Waals surface area contributed by atoms with Gasteiger partial charge in [-0.05, 0) is 13.3 Å². The number of nitrogens with zero attached hydrogens (tertiary/aromatic N) is 2. The molecule has 0 aliphatic carbocycles. The molecule has 7 heteroatoms. The van der Waals surface area contributed by atoms with E-state index in [2.05, 4.69) is 4.74 Å². The van der Waals surface area contributed by atoms with Gasteiger partial charge in [-0.25, -0.2) is 4.79 Å². The Kier molecular flexibility index (Phi) is 4.88. The Morgan fingerprint density at radius 2 is 1.84 bits per heavy atom. The van der Waals surface area contributed by atoms with E-state index in [-0.39, 0.29) is 6.54 Å². The SMILES string of the molecule is CCCN1CCN(CC(C)(O)C(=O)OC)C(=O)C1=O. The number of hydrogen-bond donors (Lipinski definition) is 1. The second kappa shape index (κ2) is 6.01. The minimum atomic E-state index is -1.81. The van der Waals surface area contributed by atoms with Gasteiger partial charge in [0.15, 0.2) is 5.60 Å². The normalized spacial score (nSPS) is 19.4. The first-order valence-corrected chi connectivity index (χ1v) is 6.22. The van der Waals surface area contributed by atoms with Gasteiger partial charge < -0.3 is 19.6 Å². The van der Waals surface area contributed by atoms with E-state index in [9.17, 15) is 19.5 Å². The minimum absolute atomic E-state index is 0.246. The highest BCUT2D eigenvalue weighted by atomic mass is 16.5. The number of esters is 1. The Morgan fingerprint density at radius 3 is 2.37 bits per heavy atom. The fraction of sp³-hybridized carbons (Fsp3) is 0.750. The van der Waals surface area contributed by atoms with Crippen LogP contribution in [0.25, 0.3) is 0 Å². The minimum Gasteiger partial charge on any atom is -0.467 e. The van der Waals surface area contributed by atoms with Crippen LogP contribution in [0.15, 0.2) is 0 Å². The molecule has 1 unspecified atom stereocenters. The van der Waals surface area contributed by atoms with Crippen molar-refractivity contribution >= 4 is 17.8 Å². The van der Waals surface area contributed by atoms with Gasteiger partial charge in [-0.15, -0.1) is 0 Å². The molecule has 0 aromatic rings. The van der Waals surface area contributed by atoms with Crippen LogP contribution in [0.4, 0.5) is 0 Å². The van der Waals surface area contributed by atoms with Crippen molar-refractivity contribution in [1.82, 2.24) is 9.80 Å². The van der Waals surface area contributed by atoms with E-state index in [0.717, 1.165) is 13.5 Å². The van der Waals surface area contributed by atoms with Crippen molar-refractivity contribution < 1.29 is 24.2 Å². The van der Waals surface area contributed by atoms with Crippen LogP contribution >= 0.6 is 0 Å². The second-order valence-electron chi connectivity index (χ2n) is 4.78. The topological polar surface area (TPSA) is 87.2 Å². The third kappa shape index (κ3) is 3.44. The van der Waals surface area contributed by atoms with Crippen LogP contribution in [0.2, 0.25) is 0 Å². The molecule has 0 bridgehead atoms. The lowest BCUT2D eigenvalue weighted by Gasteiger charge is -2.36. The number of β-amino-alcohol motifs (C(OH)–C–C–N with tert-alkyl or cyclic N) is 1. The van der Waals surface area contributed by atoms with Gasteiger partial charge in [0.1, 0.15) is 0 Å². The van der Waals surface area contributed by atoms with E-state index < -0.39 is 23.4 Å². The lowest BCUT2D eigenvalue weighted by Crippen LogP contribution is -2.59. The van der Waals surface area contributed by atoms with Gasteiger partial charge in [-0.3, -0.25) is 9.59 Å². The molecule has 108 valence electrons. The number of rotatable bonds is 5. The molecule has 1 N–H and O–H groups in total. The predicted octanol–water partition coefficient (Wildman–Crippen LogP) is -1.01. The molecule has 1 aliphatic rings. The van der Waals surface area contributed by atoms with Crippen LogP contribution in [-0.2, 0) is 19.1 Å². The van der Waals surface area contributed by atoms with Crippen molar-refractivity contribution in [3.8, 4) is 0 Å². The summed E-state index contributed by atoms with van der Waals surface area (Å²) in [6.45, 7) is 4.19. The van der Waals surface area contributed by atoms with Crippen molar-refractivity contribution in [2.24, 2.45) is 0 Å². The van der Waals surface area contributed by atoms with E-state index in [1.807, 2.05) is 6.92 Å². The number of hydrogen-bond acceptors (Lipinski definition) is 5. The smallest absolute Gasteiger partial charge is 0.339 e. The Bertz CT molecular complexity index is 380. The highest BCUT2D eigenvalue weighted by Gasteiger charge is 2.39. The summed E-state index contributed by atoms with van der Waals surface area (Å²) in [6, 6.07) is 0. The summed E-state index contributed by atoms with van der Waals surface area (Å²) in [4.78, 5) is 37.7. The quantitative estimate of drug-likeness (QED) is 0.512. The summed E-state index contributed by atoms with van der Waals surface area (Å²) in [5.41, 5.74) is -1.81. The first-order valence-electron chi connectivity index (χ1n) is 6.22. The molecule has 1 saturated heterocycles. The zero-order chi connectivity index (χ0) is 14.6. The fourth-order valence-electron chi connectivity index (χ4n) is 2.01. The van der Waals surface area contributed by atoms with E-state index in [0.29, 0.717) is 19.6 Å². The molecule has 1 atom stereocenters. The highest BCUT2D eigenvalue weighted by Crippen LogP contribution is 2.13. The van der Waals surface area contributed by atoms with Crippen molar-refractivity contribution in [3.05, 3.63) is 0 Å². The van der Waals surface area contributed by atoms with Gasteiger partial charge in [-0.2, -0.15) is 0 Å². The number of carbonyl (C=O) groups excluding carboxylic acids is 3. The first-order chi connectivity index (χ1) is 8.83. The molecule has 1 aliphatic heterocycles. The van der Waals surface area contributed by atoms with Crippen molar-refractivity contribution in [3.63, 3.8) is 0 Å². The van der Waals surface area contributed by atoms with Gasteiger partial charge >= 0.3 is 17.8 Å². The predicted molar refractivity (Wildman–Crippen MR) is 66.1 cm³/mol. The molecule has 0 spiro atoms. The fourth-order valence-corrected chi connectivity index (χ4v) is 2.01. The summed E-state index contributed by atoms with van der Waals surface area (Å²) in [5.74, 6) is -2.11. The van der Waals surface area contributed by atoms with Crippen LogP contribution < -0.4 is 0 Å². The number of methoxy groups -OCH3 is 1. The van der Waals surface area contributed by atoms with E-state index in [1.54, 1.807) is 0 Å². The molecule has 7 nitrogen and oxygen atoms in total. The monoisotopic (exact) mass is 272 g/mol. The number of carbonyl (C=O) groups is 3. The zero-order valence-corrected chi connectivity index (χ0v) is 11.5. The highest BCUT2D eigenvalue weighted by molar-refractivity contribution is 6.35. The van der Waals surface area contributed by atoms with Gasteiger partial charge in [0, 0.05) is 19.6 Å². The van der Waals surface area contributed by atoms with Crippen LogP contribution in [-0.4, -0.2) is 71.6 Å². The summed E-state index contributed by atoms with van der Waals surface area (Å²) < 4.78 is 4.46. The van der Waals surface area contributed by atoms with E-state index in [1.165, 1.54) is 16.7 Å². The maximum absolute atomic E-state index is 11.9. The second-order valence-corrected chi connectivity index (χ2v) is 4.78. The number of amides is 2. The number of piperazine rings is 1. The maximum atomic E-state index is 11.9. The molecule has 19 heavy (non-hydrogen) atoms. The zero-order valence-electron chi connectivity index (χ0n) is 11.5. The first kappa shape index (κ1) is 15.4. The van der Waals surface area contributed by atoms with Gasteiger partial charge in [0.05, 0.1) is 13.7 Å². The number of aliphatic hydroxyl groups is 1. The van der Waals surface area contributed by atoms with Crippen LogP contribution in [0, 0.1) is 0 Å². The van der Waals surface area contributed by atoms with E-state index >= 15 is 0 Å². The Hall–Kier alpha value is -1.63. The third-order valence-corrected chi connectivity index (χ3v) is 3.01. The van der Waals surface area contributed by atoms with Crippen LogP contribution in [0.3, 0.4) is 0 Å². The lowest BCUT2D eigenvalue weighted by molar-refractivity contribution is -0.167. The molecule has 0 aromatic carbocycles. The summed E-state index contributed by atoms with van der Waals surface area (Å²) in [7, 11) is 1.16. The average molecular weight is 272 g/mol. The Balaban J connectivity index is 2.70. The maximum Gasteiger partial charge on any atom is 0.339 e. The third-order valence-electron chi connectivity index (χ3n) is 3.01. The molecule has 0 radical (unpaired) electrons. The summed E-state index contributed by atoms with van der Waals surface area (Å²) in [5, 5.41) is 9.92. The molecular weight excluding hydrogens is 252 g/mol. The molecule has 1 rings (SSSR count). The molecule has 2 amide bonds. The number of ether oxygens (including phenoxy) is 1. The summed E-state index contributed by atoms with van der Waals surface area (Å²) in [6.07, 6.45) is 0.777. The Labute approximate surface area is 112 Å². The van der Waals surface area contributed by atoms with Crippen LogP contribution in [0.1, 0.15) is 20.3 Å². The average Bonchev–Trinajstić information content (AvgIpc) is 2.37. The van der Waals surface area contributed by atoms with Crippen LogP contribution in [0.5, 0.6) is 0 Å². The van der Waals surface area contributed by atoms with E-state index in [4.69, 9.17) is 0 Å². The van der Waals surface area contributed by atoms with Gasteiger partial charge in [0.2, 0.25) is 0 Å². The summed E-state index contributed by atoms with van der Waals surface area (Å²) >= 11 is 0. The van der Waals surface area contributed by atoms with Crippen molar-refractivity contribution in [1.29, 1.82) is 0 Å². The van der Waals surface area contributed by atoms with Crippen molar-refractivity contribution in [2.75, 3.05) is 33.3 Å². The lowest BCUT2D eigenvalue weighted by atomic mass is 10.1. The molecule has 1 heterocycles. The molecule has 1 fully saturated rings. The largest absolute Gasteiger partial charge is 0.467 e. The molecular formula is C12H20N2O5.